The fourth-order valence-corrected chi connectivity index (χ4v) is 1.23. The Morgan fingerprint density at radius 3 is 2.47 bits per heavy atom. The number of carbonyl (C=O) groups excluding carboxylic acids is 1. The zero-order valence-electron chi connectivity index (χ0n) is 7.76. The Morgan fingerprint density at radius 2 is 2.00 bits per heavy atom. The molecule has 0 spiro atoms. The van der Waals surface area contributed by atoms with Gasteiger partial charge in [0.1, 0.15) is 0 Å². The van der Waals surface area contributed by atoms with Gasteiger partial charge in [-0.1, -0.05) is 6.07 Å². The molecule has 0 saturated carbocycles. The van der Waals surface area contributed by atoms with E-state index in [1.54, 1.807) is 0 Å². The van der Waals surface area contributed by atoms with Crippen molar-refractivity contribution in [1.82, 2.24) is 0 Å². The van der Waals surface area contributed by atoms with Gasteiger partial charge in [0.25, 0.3) is 0 Å². The van der Waals surface area contributed by atoms with E-state index < -0.39 is 17.7 Å². The molecule has 0 fully saturated rings. The number of nitrogens with two attached hydrogens (primary N) is 1. The fourth-order valence-electron chi connectivity index (χ4n) is 1.23. The molecule has 0 aliphatic rings. The molecule has 2 N–H and O–H groups in total. The van der Waals surface area contributed by atoms with E-state index in [9.17, 15) is 18.0 Å². The second-order valence-corrected chi connectivity index (χ2v) is 2.88. The van der Waals surface area contributed by atoms with Crippen LogP contribution in [0, 0.1) is 6.92 Å². The van der Waals surface area contributed by atoms with Crippen molar-refractivity contribution in [2.75, 3.05) is 0 Å². The van der Waals surface area contributed by atoms with Gasteiger partial charge >= 0.3 is 12.1 Å². The van der Waals surface area contributed by atoms with Gasteiger partial charge in [-0.2, -0.15) is 19.1 Å². The van der Waals surface area contributed by atoms with Gasteiger partial charge in [0.15, 0.2) is 0 Å². The average Bonchev–Trinajstić information content (AvgIpc) is 2.15. The van der Waals surface area contributed by atoms with Crippen LogP contribution in [0.5, 0.6) is 0 Å². The fraction of sp³-hybridized carbons (Fsp3) is 0.222. The summed E-state index contributed by atoms with van der Waals surface area (Å²) in [5, 5.41) is 0. The molecule has 0 aliphatic heterocycles. The zero-order valence-corrected chi connectivity index (χ0v) is 7.76. The van der Waals surface area contributed by atoms with Crippen molar-refractivity contribution in [3.8, 4) is 0 Å². The lowest BCUT2D eigenvalue weighted by Crippen LogP contribution is -2.15. The van der Waals surface area contributed by atoms with E-state index in [0.717, 1.165) is 12.1 Å². The highest BCUT2D eigenvalue weighted by molar-refractivity contribution is 5.91. The van der Waals surface area contributed by atoms with Crippen LogP contribution in [0.3, 0.4) is 0 Å². The van der Waals surface area contributed by atoms with Crippen molar-refractivity contribution >= 4 is 5.97 Å². The van der Waals surface area contributed by atoms with Crippen LogP contribution >= 0.6 is 0 Å². The molecule has 0 amide bonds. The van der Waals surface area contributed by atoms with Gasteiger partial charge < -0.3 is 4.84 Å². The minimum atomic E-state index is -4.49. The molecule has 15 heavy (non-hydrogen) atoms. The van der Waals surface area contributed by atoms with Crippen molar-refractivity contribution in [2.24, 2.45) is 5.90 Å². The molecule has 0 bridgehead atoms. The first-order valence-corrected chi connectivity index (χ1v) is 3.95. The second kappa shape index (κ2) is 3.90. The second-order valence-electron chi connectivity index (χ2n) is 2.88. The maximum absolute atomic E-state index is 12.4. The van der Waals surface area contributed by atoms with Crippen molar-refractivity contribution < 1.29 is 22.8 Å². The molecule has 0 atom stereocenters. The van der Waals surface area contributed by atoms with Gasteiger partial charge in [-0.05, 0) is 24.6 Å². The predicted octanol–water partition coefficient (Wildman–Crippen LogP) is 2.04. The first kappa shape index (κ1) is 11.5. The summed E-state index contributed by atoms with van der Waals surface area (Å²) >= 11 is 0. The minimum absolute atomic E-state index is 0.188. The summed E-state index contributed by atoms with van der Waals surface area (Å²) in [4.78, 5) is 14.9. The van der Waals surface area contributed by atoms with E-state index >= 15 is 0 Å². The van der Waals surface area contributed by atoms with Crippen molar-refractivity contribution in [2.45, 2.75) is 13.1 Å². The van der Waals surface area contributed by atoms with E-state index in [1.165, 1.54) is 13.0 Å². The first-order valence-electron chi connectivity index (χ1n) is 3.95. The Balaban J connectivity index is 3.30. The summed E-state index contributed by atoms with van der Waals surface area (Å²) in [5.41, 5.74) is -1.25. The Hall–Kier alpha value is -1.56. The number of benzene rings is 1. The van der Waals surface area contributed by atoms with E-state index in [1.807, 2.05) is 0 Å². The first-order chi connectivity index (χ1) is 6.88. The number of rotatable bonds is 1. The maximum Gasteiger partial charge on any atom is 0.416 e. The minimum Gasteiger partial charge on any atom is -0.370 e. The Kier molecular flexibility index (Phi) is 2.99. The summed E-state index contributed by atoms with van der Waals surface area (Å²) in [6.45, 7) is 1.19. The number of hydrogen-bond donors (Lipinski definition) is 1. The van der Waals surface area contributed by atoms with E-state index in [4.69, 9.17) is 0 Å². The molecular weight excluding hydrogens is 211 g/mol. The van der Waals surface area contributed by atoms with Crippen LogP contribution < -0.4 is 5.90 Å². The van der Waals surface area contributed by atoms with Crippen LogP contribution in [0.4, 0.5) is 13.2 Å². The molecule has 0 aromatic heterocycles. The molecule has 1 aromatic rings. The van der Waals surface area contributed by atoms with Gasteiger partial charge in [0, 0.05) is 0 Å². The molecule has 0 heterocycles. The summed E-state index contributed by atoms with van der Waals surface area (Å²) in [6, 6.07) is 3.24. The number of alkyl halides is 3. The summed E-state index contributed by atoms with van der Waals surface area (Å²) < 4.78 is 37.2. The molecule has 0 radical (unpaired) electrons. The number of hydrogen-bond acceptors (Lipinski definition) is 3. The molecule has 0 unspecified atom stereocenters. The van der Waals surface area contributed by atoms with E-state index in [-0.39, 0.29) is 11.1 Å². The van der Waals surface area contributed by atoms with Crippen molar-refractivity contribution in [3.05, 3.63) is 34.9 Å². The molecule has 0 aliphatic carbocycles. The molecule has 3 nitrogen and oxygen atoms in total. The topological polar surface area (TPSA) is 52.3 Å². The number of carbonyl (C=O) groups is 1. The monoisotopic (exact) mass is 219 g/mol. The Morgan fingerprint density at radius 1 is 1.40 bits per heavy atom. The Labute approximate surface area is 83.6 Å². The third kappa shape index (κ3) is 2.27. The van der Waals surface area contributed by atoms with Crippen molar-refractivity contribution in [1.29, 1.82) is 0 Å². The molecule has 82 valence electrons. The number of halogens is 3. The Bertz CT molecular complexity index is 387. The highest BCUT2D eigenvalue weighted by atomic mass is 19.4. The highest BCUT2D eigenvalue weighted by Gasteiger charge is 2.33. The lowest BCUT2D eigenvalue weighted by Gasteiger charge is -2.12. The summed E-state index contributed by atoms with van der Waals surface area (Å²) in [7, 11) is 0. The largest absolute Gasteiger partial charge is 0.416 e. The molecule has 1 aromatic carbocycles. The van der Waals surface area contributed by atoms with Crippen LogP contribution in [0.2, 0.25) is 0 Å². The molecule has 6 heteroatoms. The quantitative estimate of drug-likeness (QED) is 0.735. The van der Waals surface area contributed by atoms with Crippen LogP contribution in [-0.2, 0) is 11.0 Å². The average molecular weight is 219 g/mol. The van der Waals surface area contributed by atoms with Crippen LogP contribution in [0.15, 0.2) is 18.2 Å². The van der Waals surface area contributed by atoms with Crippen molar-refractivity contribution in [3.63, 3.8) is 0 Å². The van der Waals surface area contributed by atoms with Gasteiger partial charge in [-0.25, -0.2) is 4.79 Å². The highest BCUT2D eigenvalue weighted by Crippen LogP contribution is 2.32. The molecular formula is C9H8F3NO2. The van der Waals surface area contributed by atoms with Crippen LogP contribution in [0.1, 0.15) is 21.5 Å². The summed E-state index contributed by atoms with van der Waals surface area (Å²) in [5.74, 6) is 3.61. The smallest absolute Gasteiger partial charge is 0.370 e. The van der Waals surface area contributed by atoms with E-state index in [2.05, 4.69) is 10.7 Å². The standard InChI is InChI=1S/C9H8F3NO2/c1-5-6(8(14)15-13)3-2-4-7(5)9(10,11)12/h2-4H,13H2,1H3. The van der Waals surface area contributed by atoms with Gasteiger partial charge in [-0.15, -0.1) is 0 Å². The van der Waals surface area contributed by atoms with Crippen LogP contribution in [0.25, 0.3) is 0 Å². The predicted molar refractivity (Wildman–Crippen MR) is 45.8 cm³/mol. The van der Waals surface area contributed by atoms with Gasteiger partial charge in [0.05, 0.1) is 11.1 Å². The third-order valence-electron chi connectivity index (χ3n) is 1.97. The third-order valence-corrected chi connectivity index (χ3v) is 1.97. The van der Waals surface area contributed by atoms with Gasteiger partial charge in [0.2, 0.25) is 0 Å². The lowest BCUT2D eigenvalue weighted by molar-refractivity contribution is -0.138. The zero-order chi connectivity index (χ0) is 11.6. The normalized spacial score (nSPS) is 11.3. The lowest BCUT2D eigenvalue weighted by atomic mass is 10.0. The van der Waals surface area contributed by atoms with Crippen LogP contribution in [-0.4, -0.2) is 5.97 Å². The SMILES string of the molecule is Cc1c(C(=O)ON)cccc1C(F)(F)F. The maximum atomic E-state index is 12.4. The molecule has 1 rings (SSSR count). The summed E-state index contributed by atoms with van der Waals surface area (Å²) in [6.07, 6.45) is -4.49. The van der Waals surface area contributed by atoms with E-state index in [0.29, 0.717) is 0 Å². The molecule has 0 saturated heterocycles. The van der Waals surface area contributed by atoms with Gasteiger partial charge in [-0.3, -0.25) is 0 Å².